The molecular weight excluding hydrogens is 162 g/mol. The second-order valence-corrected chi connectivity index (χ2v) is 4.04. The maximum atomic E-state index is 4.36. The predicted molar refractivity (Wildman–Crippen MR) is 54.2 cm³/mol. The van der Waals surface area contributed by atoms with Crippen LogP contribution in [0, 0.1) is 5.41 Å². The van der Waals surface area contributed by atoms with Crippen LogP contribution in [0.4, 0.5) is 0 Å². The molecule has 1 unspecified atom stereocenters. The summed E-state index contributed by atoms with van der Waals surface area (Å²) in [5.74, 6) is 0. The Kier molecular flexibility index (Phi) is 1.77. The smallest absolute Gasteiger partial charge is 0.0758 e. The van der Waals surface area contributed by atoms with Gasteiger partial charge in [-0.05, 0) is 19.4 Å². The zero-order valence-electron chi connectivity index (χ0n) is 8.33. The predicted octanol–water partition coefficient (Wildman–Crippen LogP) is 1.31. The van der Waals surface area contributed by atoms with Gasteiger partial charge in [-0.15, -0.1) is 0 Å². The lowest BCUT2D eigenvalue weighted by molar-refractivity contribution is 0.184. The molecule has 1 aliphatic heterocycles. The van der Waals surface area contributed by atoms with Crippen LogP contribution >= 0.6 is 0 Å². The van der Waals surface area contributed by atoms with Crippen molar-refractivity contribution in [2.75, 3.05) is 13.6 Å². The van der Waals surface area contributed by atoms with Crippen molar-refractivity contribution in [3.05, 3.63) is 23.8 Å². The van der Waals surface area contributed by atoms with Crippen LogP contribution in [0.15, 0.2) is 28.9 Å². The number of allylic oxidation sites excluding steroid dienone is 3. The lowest BCUT2D eigenvalue weighted by Crippen LogP contribution is -2.49. The van der Waals surface area contributed by atoms with Crippen molar-refractivity contribution < 1.29 is 0 Å². The molecule has 1 heterocycles. The fraction of sp³-hybridized carbons (Fsp3) is 0.500. The summed E-state index contributed by atoms with van der Waals surface area (Å²) >= 11 is 0. The average Bonchev–Trinajstić information content (AvgIpc) is 2.02. The molecule has 0 saturated carbocycles. The Bertz CT molecular complexity index is 314. The third-order valence-electron chi connectivity index (χ3n) is 2.62. The summed E-state index contributed by atoms with van der Waals surface area (Å²) in [7, 11) is 2.01. The topological polar surface area (TPSA) is 27.6 Å². The highest BCUT2D eigenvalue weighted by molar-refractivity contribution is 6.06. The van der Waals surface area contributed by atoms with E-state index < -0.39 is 0 Å². The van der Waals surface area contributed by atoms with Crippen molar-refractivity contribution in [2.24, 2.45) is 10.5 Å². The minimum atomic E-state index is 0.0822. The van der Waals surface area contributed by atoms with Gasteiger partial charge in [0, 0.05) is 19.0 Å². The molecule has 0 aromatic carbocycles. The summed E-state index contributed by atoms with van der Waals surface area (Å²) in [5, 5.41) is 6.36. The summed E-state index contributed by atoms with van der Waals surface area (Å²) in [4.78, 5) is 0. The van der Waals surface area contributed by atoms with Crippen LogP contribution in [0.5, 0.6) is 0 Å². The van der Waals surface area contributed by atoms with Crippen LogP contribution in [0.1, 0.15) is 13.8 Å². The number of nitrogens with zero attached hydrogens (tertiary/aromatic N) is 2. The second kappa shape index (κ2) is 2.70. The summed E-state index contributed by atoms with van der Waals surface area (Å²) < 4.78 is 0. The molecule has 0 aromatic rings. The zero-order valence-corrected chi connectivity index (χ0v) is 8.33. The molecule has 3 nitrogen and oxygen atoms in total. The van der Waals surface area contributed by atoms with Crippen molar-refractivity contribution in [1.82, 2.24) is 10.5 Å². The van der Waals surface area contributed by atoms with Crippen LogP contribution in [0.25, 0.3) is 0 Å². The third-order valence-corrected chi connectivity index (χ3v) is 2.62. The molecule has 2 rings (SSSR count). The van der Waals surface area contributed by atoms with Gasteiger partial charge in [0.15, 0.2) is 0 Å². The number of rotatable bonds is 0. The maximum Gasteiger partial charge on any atom is 0.0758 e. The van der Waals surface area contributed by atoms with Gasteiger partial charge in [0.05, 0.1) is 5.71 Å². The molecule has 0 saturated heterocycles. The van der Waals surface area contributed by atoms with Crippen molar-refractivity contribution in [1.29, 1.82) is 0 Å². The van der Waals surface area contributed by atoms with E-state index in [1.165, 1.54) is 5.57 Å². The van der Waals surface area contributed by atoms with E-state index in [9.17, 15) is 0 Å². The molecule has 2 aliphatic rings. The molecule has 0 bridgehead atoms. The Hall–Kier alpha value is -1.09. The van der Waals surface area contributed by atoms with Gasteiger partial charge < -0.3 is 0 Å². The van der Waals surface area contributed by atoms with Crippen molar-refractivity contribution in [3.63, 3.8) is 0 Å². The Morgan fingerprint density at radius 2 is 2.38 bits per heavy atom. The SMILES string of the molecule is CC1=CC=CC2(C)CN(C)NN=C12. The minimum absolute atomic E-state index is 0.0822. The minimum Gasteiger partial charge on any atom is -0.240 e. The normalized spacial score (nSPS) is 33.2. The first-order valence-corrected chi connectivity index (χ1v) is 4.53. The van der Waals surface area contributed by atoms with E-state index in [-0.39, 0.29) is 5.41 Å². The zero-order chi connectivity index (χ0) is 9.47. The average molecular weight is 177 g/mol. The lowest BCUT2D eigenvalue weighted by atomic mass is 9.78. The molecule has 1 atom stereocenters. The lowest BCUT2D eigenvalue weighted by Gasteiger charge is -2.38. The fourth-order valence-electron chi connectivity index (χ4n) is 2.02. The van der Waals surface area contributed by atoms with E-state index in [1.54, 1.807) is 0 Å². The summed E-state index contributed by atoms with van der Waals surface area (Å²) in [6, 6.07) is 0. The van der Waals surface area contributed by atoms with E-state index in [4.69, 9.17) is 0 Å². The molecule has 0 radical (unpaired) electrons. The molecule has 0 aromatic heterocycles. The van der Waals surface area contributed by atoms with Crippen molar-refractivity contribution in [3.8, 4) is 0 Å². The molecule has 0 fully saturated rings. The summed E-state index contributed by atoms with van der Waals surface area (Å²) in [6.07, 6.45) is 6.44. The van der Waals surface area contributed by atoms with Gasteiger partial charge in [-0.3, -0.25) is 0 Å². The van der Waals surface area contributed by atoms with Gasteiger partial charge in [0.1, 0.15) is 0 Å². The number of nitrogens with one attached hydrogen (secondary N) is 1. The van der Waals surface area contributed by atoms with Gasteiger partial charge in [0.25, 0.3) is 0 Å². The third kappa shape index (κ3) is 1.29. The number of fused-ring (bicyclic) bond motifs is 1. The maximum absolute atomic E-state index is 4.36. The molecule has 0 amide bonds. The van der Waals surface area contributed by atoms with Crippen molar-refractivity contribution >= 4 is 5.71 Å². The molecular formula is C10H15N3. The largest absolute Gasteiger partial charge is 0.240 e. The van der Waals surface area contributed by atoms with Crippen molar-refractivity contribution in [2.45, 2.75) is 13.8 Å². The number of hydrogen-bond acceptors (Lipinski definition) is 3. The Labute approximate surface area is 78.8 Å². The second-order valence-electron chi connectivity index (χ2n) is 4.04. The molecule has 70 valence electrons. The first-order chi connectivity index (χ1) is 6.12. The summed E-state index contributed by atoms with van der Waals surface area (Å²) in [6.45, 7) is 5.29. The van der Waals surface area contributed by atoms with Crippen LogP contribution < -0.4 is 5.53 Å². The highest BCUT2D eigenvalue weighted by Crippen LogP contribution is 2.30. The Morgan fingerprint density at radius 3 is 3.15 bits per heavy atom. The van der Waals surface area contributed by atoms with Crippen LogP contribution in [-0.4, -0.2) is 24.3 Å². The summed E-state index contributed by atoms with van der Waals surface area (Å²) in [5.41, 5.74) is 5.48. The van der Waals surface area contributed by atoms with Gasteiger partial charge in [0.2, 0.25) is 0 Å². The van der Waals surface area contributed by atoms with E-state index in [1.807, 2.05) is 12.1 Å². The van der Waals surface area contributed by atoms with E-state index >= 15 is 0 Å². The van der Waals surface area contributed by atoms with Crippen LogP contribution in [-0.2, 0) is 0 Å². The quantitative estimate of drug-likeness (QED) is 0.604. The number of hydrazone groups is 1. The number of hydrogen-bond donors (Lipinski definition) is 1. The van der Waals surface area contributed by atoms with E-state index in [0.717, 1.165) is 12.3 Å². The molecule has 0 spiro atoms. The highest BCUT2D eigenvalue weighted by atomic mass is 15.7. The van der Waals surface area contributed by atoms with Crippen LogP contribution in [0.2, 0.25) is 0 Å². The molecule has 13 heavy (non-hydrogen) atoms. The van der Waals surface area contributed by atoms with Gasteiger partial charge in [-0.1, -0.05) is 18.2 Å². The standard InChI is InChI=1S/C10H15N3/c1-8-5-4-6-10(2)7-13(3)12-11-9(8)10/h4-6,12H,7H2,1-3H3. The Morgan fingerprint density at radius 1 is 1.62 bits per heavy atom. The van der Waals surface area contributed by atoms with E-state index in [2.05, 4.69) is 42.7 Å². The van der Waals surface area contributed by atoms with Gasteiger partial charge in [-0.2, -0.15) is 5.10 Å². The van der Waals surface area contributed by atoms with E-state index in [0.29, 0.717) is 0 Å². The highest BCUT2D eigenvalue weighted by Gasteiger charge is 2.34. The fourth-order valence-corrected chi connectivity index (χ4v) is 2.02. The van der Waals surface area contributed by atoms with Gasteiger partial charge >= 0.3 is 0 Å². The first kappa shape index (κ1) is 8.51. The molecule has 1 aliphatic carbocycles. The molecule has 1 N–H and O–H groups in total. The first-order valence-electron chi connectivity index (χ1n) is 4.53. The van der Waals surface area contributed by atoms with Gasteiger partial charge in [-0.25, -0.2) is 10.5 Å². The Balaban J connectivity index is 2.42. The molecule has 3 heteroatoms. The number of hydrazine groups is 1. The van der Waals surface area contributed by atoms with Crippen LogP contribution in [0.3, 0.4) is 0 Å². The monoisotopic (exact) mass is 177 g/mol.